The highest BCUT2D eigenvalue weighted by Gasteiger charge is 2.75. The number of hydrogen-bond donors (Lipinski definition) is 3. The number of aliphatic hydroxyl groups excluding tert-OH is 3. The van der Waals surface area contributed by atoms with Gasteiger partial charge in [0.15, 0.2) is 39.8 Å². The van der Waals surface area contributed by atoms with Gasteiger partial charge in [0.2, 0.25) is 0 Å². The van der Waals surface area contributed by atoms with E-state index in [1.807, 2.05) is 13.8 Å². The van der Waals surface area contributed by atoms with E-state index in [0.717, 1.165) is 82.0 Å². The molecule has 3 N–H and O–H groups in total. The van der Waals surface area contributed by atoms with E-state index in [1.165, 1.54) is 116 Å². The molecule has 4 heterocycles. The molecule has 20 rings (SSSR count). The summed E-state index contributed by atoms with van der Waals surface area (Å²) < 4.78 is 67.8. The third kappa shape index (κ3) is 15.2. The Morgan fingerprint density at radius 2 is 0.645 bits per heavy atom. The van der Waals surface area contributed by atoms with Gasteiger partial charge in [0.25, 0.3) is 0 Å². The summed E-state index contributed by atoms with van der Waals surface area (Å²) in [5, 5.41) is 31.9. The van der Waals surface area contributed by atoms with Crippen LogP contribution >= 0.6 is 0 Å². The van der Waals surface area contributed by atoms with Crippen LogP contribution in [-0.2, 0) is 51.5 Å². The van der Waals surface area contributed by atoms with Crippen LogP contribution in [0.25, 0.3) is 0 Å². The smallest absolute Gasteiger partial charge is 0.192 e. The Kier molecular flexibility index (Phi) is 24.3. The molecule has 16 heteroatoms. The van der Waals surface area contributed by atoms with E-state index in [1.54, 1.807) is 11.1 Å². The van der Waals surface area contributed by atoms with Crippen LogP contribution in [0.5, 0.6) is 0 Å². The number of ether oxygens (including phenoxy) is 8. The highest BCUT2D eigenvalue weighted by molar-refractivity contribution is 6.74. The maximum atomic E-state index is 12.6. The van der Waals surface area contributed by atoms with Crippen molar-refractivity contribution in [3.8, 4) is 0 Å². The molecule has 124 heavy (non-hydrogen) atoms. The molecule has 0 radical (unpaired) electrons. The van der Waals surface area contributed by atoms with Crippen molar-refractivity contribution < 1.29 is 66.9 Å². The number of Topliss-reactive ketones (excluding diaryl/α,β-unsaturated/α-hetero) is 1. The summed E-state index contributed by atoms with van der Waals surface area (Å²) >= 11 is 0. The maximum Gasteiger partial charge on any atom is 0.192 e. The van der Waals surface area contributed by atoms with Crippen molar-refractivity contribution in [1.82, 2.24) is 0 Å². The van der Waals surface area contributed by atoms with Crippen molar-refractivity contribution in [2.45, 2.75) is 499 Å². The predicted molar refractivity (Wildman–Crippen MR) is 498 cm³/mol. The molecule has 14 nitrogen and oxygen atoms in total. The van der Waals surface area contributed by atoms with Crippen molar-refractivity contribution in [3.05, 3.63) is 23.3 Å². The van der Waals surface area contributed by atoms with Gasteiger partial charge in [0.05, 0.1) is 67.1 Å². The lowest BCUT2D eigenvalue weighted by atomic mass is 9.43. The minimum Gasteiger partial charge on any atom is -0.414 e. The average molecular weight is 1760 g/mol. The summed E-state index contributed by atoms with van der Waals surface area (Å²) in [7, 11) is -3.61. The lowest BCUT2D eigenvalue weighted by Crippen LogP contribution is -2.64. The zero-order chi connectivity index (χ0) is 89.9. The molecule has 17 unspecified atom stereocenters. The van der Waals surface area contributed by atoms with Gasteiger partial charge in [0, 0.05) is 18.1 Å². The second kappa shape index (κ2) is 31.8. The molecular formula is C108H182O14Si2. The van der Waals surface area contributed by atoms with Gasteiger partial charge in [-0.2, -0.15) is 0 Å². The average Bonchev–Trinajstić information content (AvgIpc) is 1.50. The first kappa shape index (κ1) is 94.8. The fourth-order valence-corrected chi connectivity index (χ4v) is 39.0. The molecule has 4 aliphatic heterocycles. The fourth-order valence-electron chi connectivity index (χ4n) is 36.2. The van der Waals surface area contributed by atoms with Crippen LogP contribution in [0.2, 0.25) is 36.3 Å². The Hall–Kier alpha value is -0.936. The molecule has 39 atom stereocenters. The molecule has 0 aromatic heterocycles. The van der Waals surface area contributed by atoms with Gasteiger partial charge in [-0.1, -0.05) is 120 Å². The van der Waals surface area contributed by atoms with Gasteiger partial charge < -0.3 is 62.1 Å². The predicted octanol–water partition coefficient (Wildman–Crippen LogP) is 24.7. The molecule has 0 bridgehead atoms. The summed E-state index contributed by atoms with van der Waals surface area (Å²) in [6, 6.07) is 0. The Balaban J connectivity index is 0.000000118. The minimum atomic E-state index is -1.82. The summed E-state index contributed by atoms with van der Waals surface area (Å²) in [4.78, 5) is 12.6. The third-order valence-electron chi connectivity index (χ3n) is 44.1. The standard InChI is InChI=1S/C30H52O4Si.C30H52O3Si.C24H40O4.C24H38O3/c1-18(31)20-11-12-21-24-22(14-16-29(20,21)7)30(8)15-13-19(34-35(9,10)27(2,3)4)17-23(30)25-26(24)33-28(5,6)32-25;1-11-19-12-13-21-24-22(15-17-29(19,21)7)30(8)16-14-20(33-34(9,10)27(2,3)4)18-23(30)25-26(24)32-28(5,6)31-25;1-13(25)15-6-7-16-19-17(9-11-23(15,16)4)24(5)10-8-14(26)12-18(24)20-21(19)28-22(2,3)27-20;1-6-14-7-8-16-19-17(10-12-23(14,16)4)24(5)11-9-15(25)13-18(24)20-21(19)27-22(2,3)26-20/h19-26H,11-17H2,1-10H3;11,20-26H,12-18H2,1-10H3;13-21,25-26H,6-12H2,1-5H3;6,15-21,25H,7-13H2,1-5H3/b;19-11-;;14-6-/t19-,20+,21?,22?,23?,24?,25+,26+,29+,30+;20-,21?,22?,23?,24?,25+,26+,29+,30+;13?,14-,15+,16?,17?,18?,19?,20+,21+,23+,24+;15-,16?,17?,18?,19?,20+,21+,23+,24+/m0000/s1. The largest absolute Gasteiger partial charge is 0.414 e. The van der Waals surface area contributed by atoms with Gasteiger partial charge in [-0.3, -0.25) is 4.79 Å². The summed E-state index contributed by atoms with van der Waals surface area (Å²) in [6.07, 6.45) is 39.3. The Bertz CT molecular complexity index is 3980. The van der Waals surface area contributed by atoms with E-state index in [4.69, 9.17) is 46.7 Å². The van der Waals surface area contributed by atoms with Crippen LogP contribution in [0.4, 0.5) is 0 Å². The summed E-state index contributed by atoms with van der Waals surface area (Å²) in [5.41, 5.74) is 5.58. The van der Waals surface area contributed by atoms with Crippen molar-refractivity contribution in [2.75, 3.05) is 0 Å². The molecule has 706 valence electrons. The van der Waals surface area contributed by atoms with E-state index >= 15 is 0 Å². The molecule has 0 amide bonds. The Labute approximate surface area is 756 Å². The maximum absolute atomic E-state index is 12.6. The van der Waals surface area contributed by atoms with Crippen molar-refractivity contribution in [3.63, 3.8) is 0 Å². The Morgan fingerprint density at radius 3 is 0.976 bits per heavy atom. The minimum absolute atomic E-state index is 0.101. The lowest BCUT2D eigenvalue weighted by Gasteiger charge is -2.63. The van der Waals surface area contributed by atoms with Crippen LogP contribution in [0.3, 0.4) is 0 Å². The van der Waals surface area contributed by atoms with Crippen molar-refractivity contribution in [1.29, 1.82) is 0 Å². The van der Waals surface area contributed by atoms with E-state index in [2.05, 4.69) is 205 Å². The number of aliphatic hydroxyl groups is 3. The first-order valence-electron chi connectivity index (χ1n) is 52.0. The zero-order valence-electron chi connectivity index (χ0n) is 84.2. The van der Waals surface area contributed by atoms with Gasteiger partial charge >= 0.3 is 0 Å². The normalized spacial score (nSPS) is 53.1. The number of carbonyl (C=O) groups is 1. The number of allylic oxidation sites excluding steroid dienone is 4. The summed E-state index contributed by atoms with van der Waals surface area (Å²) in [6.45, 7) is 69.1. The molecule has 16 aliphatic carbocycles. The SMILES string of the molecule is C/C=C1/CCC2C3C(CC[C@]12C)[C@@]1(C)CC[C@H](O)CC1[C@H]1OC(C)(C)O[C@H]31.C/C=C1/CCC2C3C(CC[C@]12C)[C@@]1(C)CC[C@H](O[Si](C)(C)C(C)(C)C)CC1[C@H]1OC(C)(C)O[C@H]31.CC(=O)[C@H]1CCC2C3C(CC[C@@]21C)[C@@]1(C)CC[C@H](O[Si](C)(C)C(C)(C)C)CC1[C@H]1OC(C)(C)O[C@H]31.CC(O)[C@H]1CCC2C3C(CC[C@@]21C)[C@@]1(C)CC[C@H](O)CC1[C@H]1OC(C)(C)O[C@H]31. The molecule has 16 saturated carbocycles. The van der Waals surface area contributed by atoms with E-state index in [0.29, 0.717) is 117 Å². The molecule has 4 saturated heterocycles. The van der Waals surface area contributed by atoms with Gasteiger partial charge in [-0.25, -0.2) is 0 Å². The monoisotopic (exact) mass is 1760 g/mol. The fraction of sp³-hybridized carbons (Fsp3) is 0.954. The molecular weight excluding hydrogens is 1580 g/mol. The van der Waals surface area contributed by atoms with Gasteiger partial charge in [-0.15, -0.1) is 0 Å². The van der Waals surface area contributed by atoms with Crippen molar-refractivity contribution >= 4 is 22.4 Å². The lowest BCUT2D eigenvalue weighted by molar-refractivity contribution is -0.191. The molecule has 0 aromatic carbocycles. The van der Waals surface area contributed by atoms with Crippen LogP contribution in [0, 0.1) is 150 Å². The molecule has 20 fully saturated rings. The van der Waals surface area contributed by atoms with E-state index in [-0.39, 0.29) is 110 Å². The second-order valence-electron chi connectivity index (χ2n) is 53.6. The first-order valence-corrected chi connectivity index (χ1v) is 57.9. The second-order valence-corrected chi connectivity index (χ2v) is 63.2. The van der Waals surface area contributed by atoms with Crippen LogP contribution < -0.4 is 0 Å². The highest BCUT2D eigenvalue weighted by atomic mass is 28.4. The highest BCUT2D eigenvalue weighted by Crippen LogP contribution is 2.76. The molecule has 20 aliphatic rings. The van der Waals surface area contributed by atoms with Crippen LogP contribution in [0.1, 0.15) is 360 Å². The number of hydrogen-bond acceptors (Lipinski definition) is 14. The first-order chi connectivity index (χ1) is 57.4. The number of fused-ring (bicyclic) bond motifs is 32. The number of rotatable bonds is 6. The zero-order valence-corrected chi connectivity index (χ0v) is 86.2. The van der Waals surface area contributed by atoms with Crippen molar-refractivity contribution in [2.24, 2.45) is 150 Å². The van der Waals surface area contributed by atoms with E-state index < -0.39 is 39.8 Å². The topological polar surface area (TPSA) is 170 Å². The molecule has 0 spiro atoms. The Morgan fingerprint density at radius 1 is 0.363 bits per heavy atom. The van der Waals surface area contributed by atoms with Crippen LogP contribution in [-0.4, -0.2) is 140 Å². The summed E-state index contributed by atoms with van der Waals surface area (Å²) in [5.74, 6) is 8.48. The van der Waals surface area contributed by atoms with Gasteiger partial charge in [-0.05, 0) is 443 Å². The van der Waals surface area contributed by atoms with E-state index in [9.17, 15) is 20.1 Å². The number of ketones is 1. The quantitative estimate of drug-likeness (QED) is 0.170. The van der Waals surface area contributed by atoms with Crippen LogP contribution in [0.15, 0.2) is 23.3 Å². The van der Waals surface area contributed by atoms with Gasteiger partial charge in [0.1, 0.15) is 5.78 Å². The number of carbonyl (C=O) groups excluding carboxylic acids is 1. The molecule has 0 aromatic rings. The third-order valence-corrected chi connectivity index (χ3v) is 53.1.